The molecule has 0 aliphatic carbocycles. The van der Waals surface area contributed by atoms with Gasteiger partial charge in [-0.3, -0.25) is 4.68 Å². The van der Waals surface area contributed by atoms with E-state index in [2.05, 4.69) is 28.0 Å². The second-order valence-electron chi connectivity index (χ2n) is 3.65. The molecule has 0 unspecified atom stereocenters. The molecule has 0 bridgehead atoms. The summed E-state index contributed by atoms with van der Waals surface area (Å²) in [5, 5.41) is 4.41. The molecular formula is C11H14BrN3O. The average Bonchev–Trinajstić information content (AvgIpc) is 2.82. The number of unbranched alkanes of at least 4 members (excludes halogenated alkanes) is 1. The molecule has 2 heterocycles. The van der Waals surface area contributed by atoms with Gasteiger partial charge >= 0.3 is 0 Å². The van der Waals surface area contributed by atoms with E-state index in [1.54, 1.807) is 0 Å². The van der Waals surface area contributed by atoms with Gasteiger partial charge in [0.1, 0.15) is 0 Å². The van der Waals surface area contributed by atoms with Crippen molar-refractivity contribution in [3.8, 4) is 11.5 Å². The molecule has 0 aromatic carbocycles. The van der Waals surface area contributed by atoms with E-state index in [1.165, 1.54) is 0 Å². The lowest BCUT2D eigenvalue weighted by molar-refractivity contribution is 0.544. The summed E-state index contributed by atoms with van der Waals surface area (Å²) in [5.74, 6) is 0.694. The summed E-state index contributed by atoms with van der Waals surface area (Å²) in [5.41, 5.74) is 7.26. The lowest BCUT2D eigenvalue weighted by Gasteiger charge is -1.97. The molecule has 2 rings (SSSR count). The van der Waals surface area contributed by atoms with E-state index in [0.717, 1.165) is 19.4 Å². The van der Waals surface area contributed by atoms with Crippen molar-refractivity contribution >= 4 is 21.6 Å². The van der Waals surface area contributed by atoms with E-state index < -0.39 is 0 Å². The maximum atomic E-state index is 5.90. The first kappa shape index (κ1) is 11.3. The van der Waals surface area contributed by atoms with Crippen LogP contribution in [0.1, 0.15) is 19.8 Å². The highest BCUT2D eigenvalue weighted by atomic mass is 79.9. The van der Waals surface area contributed by atoms with Crippen molar-refractivity contribution in [1.29, 1.82) is 0 Å². The van der Waals surface area contributed by atoms with E-state index >= 15 is 0 Å². The highest BCUT2D eigenvalue weighted by molar-refractivity contribution is 9.10. The summed E-state index contributed by atoms with van der Waals surface area (Å²) < 4.78 is 7.98. The number of furan rings is 1. The van der Waals surface area contributed by atoms with E-state index in [0.29, 0.717) is 21.8 Å². The molecule has 2 N–H and O–H groups in total. The second kappa shape index (κ2) is 4.74. The van der Waals surface area contributed by atoms with Crippen molar-refractivity contribution in [2.45, 2.75) is 26.3 Å². The Morgan fingerprint density at radius 1 is 1.50 bits per heavy atom. The molecule has 0 aliphatic heterocycles. The summed E-state index contributed by atoms with van der Waals surface area (Å²) in [6, 6.07) is 3.69. The summed E-state index contributed by atoms with van der Waals surface area (Å²) >= 11 is 3.26. The molecule has 0 saturated carbocycles. The van der Waals surface area contributed by atoms with Crippen molar-refractivity contribution in [3.63, 3.8) is 0 Å². The fourth-order valence-corrected chi connectivity index (χ4v) is 1.81. The topological polar surface area (TPSA) is 57.0 Å². The quantitative estimate of drug-likeness (QED) is 0.937. The average molecular weight is 284 g/mol. The van der Waals surface area contributed by atoms with Gasteiger partial charge in [-0.25, -0.2) is 0 Å². The van der Waals surface area contributed by atoms with Crippen molar-refractivity contribution in [1.82, 2.24) is 9.78 Å². The Labute approximate surface area is 103 Å². The largest absolute Gasteiger partial charge is 0.448 e. The first-order valence-corrected chi connectivity index (χ1v) is 6.08. The molecule has 16 heavy (non-hydrogen) atoms. The third kappa shape index (κ3) is 2.29. The third-order valence-electron chi connectivity index (χ3n) is 2.34. The van der Waals surface area contributed by atoms with E-state index in [1.807, 2.05) is 23.0 Å². The Morgan fingerprint density at radius 2 is 2.31 bits per heavy atom. The molecule has 2 aromatic rings. The van der Waals surface area contributed by atoms with Gasteiger partial charge < -0.3 is 10.2 Å². The van der Waals surface area contributed by atoms with Crippen LogP contribution in [0.3, 0.4) is 0 Å². The SMILES string of the molecule is CCCCn1cc(N)c(-c2ccc(Br)o2)n1. The highest BCUT2D eigenvalue weighted by Crippen LogP contribution is 2.27. The number of aromatic nitrogens is 2. The fraction of sp³-hybridized carbons (Fsp3) is 0.364. The first-order valence-electron chi connectivity index (χ1n) is 5.29. The summed E-state index contributed by atoms with van der Waals surface area (Å²) in [4.78, 5) is 0. The van der Waals surface area contributed by atoms with Crippen LogP contribution in [0.5, 0.6) is 0 Å². The van der Waals surface area contributed by atoms with E-state index in [9.17, 15) is 0 Å². The van der Waals surface area contributed by atoms with Crippen LogP contribution >= 0.6 is 15.9 Å². The van der Waals surface area contributed by atoms with Crippen LogP contribution in [0.25, 0.3) is 11.5 Å². The third-order valence-corrected chi connectivity index (χ3v) is 2.76. The number of nitrogens with two attached hydrogens (primary N) is 1. The van der Waals surface area contributed by atoms with Gasteiger partial charge in [-0.1, -0.05) is 13.3 Å². The van der Waals surface area contributed by atoms with Crippen molar-refractivity contribution in [3.05, 3.63) is 23.0 Å². The molecule has 5 heteroatoms. The number of rotatable bonds is 4. The number of nitrogen functional groups attached to an aromatic ring is 1. The van der Waals surface area contributed by atoms with Crippen molar-refractivity contribution in [2.75, 3.05) is 5.73 Å². The van der Waals surface area contributed by atoms with Crippen LogP contribution in [0.2, 0.25) is 0 Å². The summed E-state index contributed by atoms with van der Waals surface area (Å²) in [6.45, 7) is 3.04. The first-order chi connectivity index (χ1) is 7.70. The van der Waals surface area contributed by atoms with Gasteiger partial charge in [-0.15, -0.1) is 0 Å². The van der Waals surface area contributed by atoms with Crippen LogP contribution in [-0.4, -0.2) is 9.78 Å². The number of halogens is 1. The molecule has 2 aromatic heterocycles. The number of hydrogen-bond acceptors (Lipinski definition) is 3. The fourth-order valence-electron chi connectivity index (χ4n) is 1.50. The summed E-state index contributed by atoms with van der Waals surface area (Å²) in [6.07, 6.45) is 4.09. The Hall–Kier alpha value is -1.23. The van der Waals surface area contributed by atoms with Gasteiger partial charge in [-0.05, 0) is 34.5 Å². The zero-order chi connectivity index (χ0) is 11.5. The van der Waals surface area contributed by atoms with Gasteiger partial charge in [0.25, 0.3) is 0 Å². The Balaban J connectivity index is 2.24. The Kier molecular flexibility index (Phi) is 3.33. The zero-order valence-electron chi connectivity index (χ0n) is 9.11. The van der Waals surface area contributed by atoms with Crippen LogP contribution in [0, 0.1) is 0 Å². The monoisotopic (exact) mass is 283 g/mol. The molecule has 0 saturated heterocycles. The molecule has 0 aliphatic rings. The maximum Gasteiger partial charge on any atom is 0.169 e. The van der Waals surface area contributed by atoms with Crippen LogP contribution in [0.15, 0.2) is 27.4 Å². The van der Waals surface area contributed by atoms with Crippen molar-refractivity contribution in [2.24, 2.45) is 0 Å². The van der Waals surface area contributed by atoms with Gasteiger partial charge in [0.2, 0.25) is 0 Å². The minimum Gasteiger partial charge on any atom is -0.448 e. The number of aryl methyl sites for hydroxylation is 1. The molecule has 0 radical (unpaired) electrons. The normalized spacial score (nSPS) is 10.9. The van der Waals surface area contributed by atoms with Crippen LogP contribution in [-0.2, 0) is 6.54 Å². The van der Waals surface area contributed by atoms with Crippen molar-refractivity contribution < 1.29 is 4.42 Å². The van der Waals surface area contributed by atoms with Crippen LogP contribution < -0.4 is 5.73 Å². The second-order valence-corrected chi connectivity index (χ2v) is 4.44. The van der Waals surface area contributed by atoms with Gasteiger partial charge in [0.15, 0.2) is 16.1 Å². The molecule has 4 nitrogen and oxygen atoms in total. The van der Waals surface area contributed by atoms with Gasteiger partial charge in [0.05, 0.1) is 5.69 Å². The number of anilines is 1. The maximum absolute atomic E-state index is 5.90. The smallest absolute Gasteiger partial charge is 0.169 e. The lowest BCUT2D eigenvalue weighted by atomic mass is 10.3. The predicted octanol–water partition coefficient (Wildman–Crippen LogP) is 3.29. The van der Waals surface area contributed by atoms with Crippen LogP contribution in [0.4, 0.5) is 5.69 Å². The molecule has 0 atom stereocenters. The molecule has 86 valence electrons. The minimum atomic E-state index is 0.651. The minimum absolute atomic E-state index is 0.651. The highest BCUT2D eigenvalue weighted by Gasteiger charge is 2.11. The Morgan fingerprint density at radius 3 is 2.94 bits per heavy atom. The Bertz CT molecular complexity index is 475. The van der Waals surface area contributed by atoms with Gasteiger partial charge in [0, 0.05) is 12.7 Å². The van der Waals surface area contributed by atoms with E-state index in [-0.39, 0.29) is 0 Å². The standard InChI is InChI=1S/C11H14BrN3O/c1-2-3-6-15-7-8(13)11(14-15)9-4-5-10(12)16-9/h4-5,7H,2-3,6,13H2,1H3. The van der Waals surface area contributed by atoms with Gasteiger partial charge in [-0.2, -0.15) is 5.10 Å². The zero-order valence-corrected chi connectivity index (χ0v) is 10.7. The summed E-state index contributed by atoms with van der Waals surface area (Å²) in [7, 11) is 0. The molecule has 0 spiro atoms. The molecule has 0 fully saturated rings. The number of hydrogen-bond donors (Lipinski definition) is 1. The molecule has 0 amide bonds. The number of nitrogens with zero attached hydrogens (tertiary/aromatic N) is 2. The predicted molar refractivity (Wildman–Crippen MR) is 66.9 cm³/mol. The molecular weight excluding hydrogens is 270 g/mol. The lowest BCUT2D eigenvalue weighted by Crippen LogP contribution is -1.97. The van der Waals surface area contributed by atoms with E-state index in [4.69, 9.17) is 10.2 Å².